The molecule has 0 atom stereocenters. The van der Waals surface area contributed by atoms with E-state index in [0.29, 0.717) is 0 Å². The summed E-state index contributed by atoms with van der Waals surface area (Å²) < 4.78 is 2.95. The van der Waals surface area contributed by atoms with E-state index in [0.717, 1.165) is 26.2 Å². The van der Waals surface area contributed by atoms with Crippen LogP contribution in [0.25, 0.3) is 11.0 Å². The number of halogens is 1. The maximum absolute atomic E-state index is 11.9. The van der Waals surface area contributed by atoms with E-state index in [1.54, 1.807) is 6.21 Å². The van der Waals surface area contributed by atoms with Crippen LogP contribution in [0.5, 0.6) is 0 Å². The molecule has 3 aromatic rings. The molecule has 0 aliphatic rings. The van der Waals surface area contributed by atoms with Gasteiger partial charge in [0.25, 0.3) is 5.91 Å². The van der Waals surface area contributed by atoms with Crippen LogP contribution in [0.2, 0.25) is 0 Å². The average Bonchev–Trinajstić information content (AvgIpc) is 2.90. The zero-order valence-corrected chi connectivity index (χ0v) is 15.3. The number of carbonyl (C=O) groups is 1. The molecule has 1 amide bonds. The van der Waals surface area contributed by atoms with Crippen molar-refractivity contribution in [2.75, 3.05) is 5.75 Å². The number of aryl methyl sites for hydroxylation is 1. The van der Waals surface area contributed by atoms with E-state index in [1.165, 1.54) is 11.8 Å². The van der Waals surface area contributed by atoms with Crippen LogP contribution in [0.15, 0.2) is 63.3 Å². The molecule has 0 saturated heterocycles. The van der Waals surface area contributed by atoms with Crippen molar-refractivity contribution < 1.29 is 4.79 Å². The summed E-state index contributed by atoms with van der Waals surface area (Å²) in [5, 5.41) is 4.78. The number of amides is 1. The number of benzene rings is 2. The first-order valence-corrected chi connectivity index (χ1v) is 9.03. The molecule has 0 aliphatic carbocycles. The van der Waals surface area contributed by atoms with Gasteiger partial charge in [0.05, 0.1) is 23.0 Å². The van der Waals surface area contributed by atoms with Crippen LogP contribution >= 0.6 is 27.7 Å². The number of thioether (sulfide) groups is 1. The minimum absolute atomic E-state index is 0.168. The Balaban J connectivity index is 1.56. The SMILES string of the molecule is Cn1c(SCC(=O)N/N=C\c2cccc(Br)c2)nc2ccccc21. The van der Waals surface area contributed by atoms with Crippen molar-refractivity contribution in [1.82, 2.24) is 15.0 Å². The molecule has 0 radical (unpaired) electrons. The van der Waals surface area contributed by atoms with Crippen LogP contribution in [-0.4, -0.2) is 27.4 Å². The Kier molecular flexibility index (Phi) is 5.32. The lowest BCUT2D eigenvalue weighted by atomic mass is 10.2. The normalized spacial score (nSPS) is 11.2. The molecule has 1 aromatic heterocycles. The Labute approximate surface area is 152 Å². The predicted molar refractivity (Wildman–Crippen MR) is 101 cm³/mol. The monoisotopic (exact) mass is 402 g/mol. The van der Waals surface area contributed by atoms with Gasteiger partial charge in [0.2, 0.25) is 0 Å². The Hall–Kier alpha value is -2.12. The molecule has 5 nitrogen and oxygen atoms in total. The zero-order chi connectivity index (χ0) is 16.9. The van der Waals surface area contributed by atoms with E-state index in [1.807, 2.05) is 60.1 Å². The molecule has 0 aliphatic heterocycles. The summed E-state index contributed by atoms with van der Waals surface area (Å²) in [6.07, 6.45) is 1.61. The van der Waals surface area contributed by atoms with Crippen molar-refractivity contribution in [3.63, 3.8) is 0 Å². The number of imidazole rings is 1. The minimum atomic E-state index is -0.168. The summed E-state index contributed by atoms with van der Waals surface area (Å²) in [4.78, 5) is 16.4. The van der Waals surface area contributed by atoms with E-state index in [4.69, 9.17) is 0 Å². The Morgan fingerprint density at radius 2 is 2.17 bits per heavy atom. The highest BCUT2D eigenvalue weighted by atomic mass is 79.9. The third kappa shape index (κ3) is 4.04. The molecule has 1 N–H and O–H groups in total. The van der Waals surface area contributed by atoms with Crippen molar-refractivity contribution >= 4 is 50.8 Å². The number of hydrogen-bond donors (Lipinski definition) is 1. The van der Waals surface area contributed by atoms with Crippen LogP contribution in [-0.2, 0) is 11.8 Å². The third-order valence-electron chi connectivity index (χ3n) is 3.33. The van der Waals surface area contributed by atoms with E-state index < -0.39 is 0 Å². The molecule has 0 saturated carbocycles. The summed E-state index contributed by atoms with van der Waals surface area (Å²) in [5.74, 6) is 0.0887. The standard InChI is InChI=1S/C17H15BrN4OS/c1-22-15-8-3-2-7-14(15)20-17(22)24-11-16(23)21-19-10-12-5-4-6-13(18)9-12/h2-10H,11H2,1H3,(H,21,23)/b19-10-. The Morgan fingerprint density at radius 3 is 2.96 bits per heavy atom. The van der Waals surface area contributed by atoms with Crippen LogP contribution in [0.4, 0.5) is 0 Å². The number of hydrazone groups is 1. The summed E-state index contributed by atoms with van der Waals surface area (Å²) in [5.41, 5.74) is 5.42. The lowest BCUT2D eigenvalue weighted by Gasteiger charge is -2.01. The van der Waals surface area contributed by atoms with Crippen LogP contribution < -0.4 is 5.43 Å². The molecule has 0 unspecified atom stereocenters. The van der Waals surface area contributed by atoms with E-state index in [-0.39, 0.29) is 11.7 Å². The summed E-state index contributed by atoms with van der Waals surface area (Å²) >= 11 is 4.78. The molecule has 122 valence electrons. The number of fused-ring (bicyclic) bond motifs is 1. The van der Waals surface area contributed by atoms with Crippen molar-refractivity contribution in [2.24, 2.45) is 12.1 Å². The lowest BCUT2D eigenvalue weighted by molar-refractivity contribution is -0.118. The highest BCUT2D eigenvalue weighted by molar-refractivity contribution is 9.10. The molecule has 1 heterocycles. The van der Waals surface area contributed by atoms with Gasteiger partial charge in [-0.25, -0.2) is 10.4 Å². The smallest absolute Gasteiger partial charge is 0.250 e. The van der Waals surface area contributed by atoms with Gasteiger partial charge in [-0.1, -0.05) is 52.0 Å². The molecule has 2 aromatic carbocycles. The second-order valence-corrected chi connectivity index (χ2v) is 6.94. The third-order valence-corrected chi connectivity index (χ3v) is 4.85. The van der Waals surface area contributed by atoms with Crippen molar-refractivity contribution in [3.05, 3.63) is 58.6 Å². The van der Waals surface area contributed by atoms with Gasteiger partial charge in [-0.2, -0.15) is 5.10 Å². The zero-order valence-electron chi connectivity index (χ0n) is 12.9. The van der Waals surface area contributed by atoms with Gasteiger partial charge < -0.3 is 4.57 Å². The van der Waals surface area contributed by atoms with E-state index in [2.05, 4.69) is 31.4 Å². The number of rotatable bonds is 5. The Bertz CT molecular complexity index is 906. The number of aromatic nitrogens is 2. The van der Waals surface area contributed by atoms with Gasteiger partial charge in [0.1, 0.15) is 0 Å². The molecule has 0 spiro atoms. The molecule has 0 bridgehead atoms. The summed E-state index contributed by atoms with van der Waals surface area (Å²) in [6, 6.07) is 15.6. The van der Waals surface area contributed by atoms with Crippen LogP contribution in [0.3, 0.4) is 0 Å². The maximum atomic E-state index is 11.9. The van der Waals surface area contributed by atoms with Gasteiger partial charge in [-0.3, -0.25) is 4.79 Å². The lowest BCUT2D eigenvalue weighted by Crippen LogP contribution is -2.19. The summed E-state index contributed by atoms with van der Waals surface area (Å²) in [6.45, 7) is 0. The average molecular weight is 403 g/mol. The van der Waals surface area contributed by atoms with Crippen LogP contribution in [0.1, 0.15) is 5.56 Å². The highest BCUT2D eigenvalue weighted by Crippen LogP contribution is 2.22. The largest absolute Gasteiger partial charge is 0.322 e. The fraction of sp³-hybridized carbons (Fsp3) is 0.118. The number of nitrogens with one attached hydrogen (secondary N) is 1. The molecule has 24 heavy (non-hydrogen) atoms. The molecular weight excluding hydrogens is 388 g/mol. The van der Waals surface area contributed by atoms with Gasteiger partial charge in [0, 0.05) is 11.5 Å². The Morgan fingerprint density at radius 1 is 1.33 bits per heavy atom. The molecule has 3 rings (SSSR count). The van der Waals surface area contributed by atoms with E-state index in [9.17, 15) is 4.79 Å². The van der Waals surface area contributed by atoms with Crippen LogP contribution in [0, 0.1) is 0 Å². The van der Waals surface area contributed by atoms with Gasteiger partial charge in [0.15, 0.2) is 5.16 Å². The van der Waals surface area contributed by atoms with Gasteiger partial charge in [-0.15, -0.1) is 0 Å². The second kappa shape index (κ2) is 7.63. The fourth-order valence-corrected chi connectivity index (χ4v) is 3.38. The first kappa shape index (κ1) is 16.7. The predicted octanol–water partition coefficient (Wildman–Crippen LogP) is 3.58. The first-order chi connectivity index (χ1) is 11.6. The molecular formula is C17H15BrN4OS. The minimum Gasteiger partial charge on any atom is -0.322 e. The number of hydrogen-bond acceptors (Lipinski definition) is 4. The quantitative estimate of drug-likeness (QED) is 0.403. The van der Waals surface area contributed by atoms with Crippen molar-refractivity contribution in [1.29, 1.82) is 0 Å². The van der Waals surface area contributed by atoms with E-state index >= 15 is 0 Å². The van der Waals surface area contributed by atoms with Gasteiger partial charge in [-0.05, 0) is 29.8 Å². The number of nitrogens with zero attached hydrogens (tertiary/aromatic N) is 3. The topological polar surface area (TPSA) is 59.3 Å². The maximum Gasteiger partial charge on any atom is 0.250 e. The summed E-state index contributed by atoms with van der Waals surface area (Å²) in [7, 11) is 1.95. The number of para-hydroxylation sites is 2. The number of carbonyl (C=O) groups excluding carboxylic acids is 1. The molecule has 7 heteroatoms. The highest BCUT2D eigenvalue weighted by Gasteiger charge is 2.09. The van der Waals surface area contributed by atoms with Gasteiger partial charge >= 0.3 is 0 Å². The second-order valence-electron chi connectivity index (χ2n) is 5.08. The molecule has 0 fully saturated rings. The fourth-order valence-electron chi connectivity index (χ4n) is 2.18. The first-order valence-electron chi connectivity index (χ1n) is 7.25. The van der Waals surface area contributed by atoms with Crippen molar-refractivity contribution in [3.8, 4) is 0 Å². The van der Waals surface area contributed by atoms with Crippen molar-refractivity contribution in [2.45, 2.75) is 5.16 Å².